The zero-order valence-electron chi connectivity index (χ0n) is 16.5. The van der Waals surface area contributed by atoms with Crippen molar-refractivity contribution >= 4 is 17.7 Å². The first-order chi connectivity index (χ1) is 13.9. The van der Waals surface area contributed by atoms with E-state index in [0.717, 1.165) is 16.9 Å². The number of halogens is 1. The topological polar surface area (TPSA) is 79.9 Å². The Morgan fingerprint density at radius 3 is 2.66 bits per heavy atom. The highest BCUT2D eigenvalue weighted by atomic mass is 32.2. The number of aromatic amines is 1. The van der Waals surface area contributed by atoms with Crippen LogP contribution in [0.15, 0.2) is 53.7 Å². The smallest absolute Gasteiger partial charge is 0.233 e. The van der Waals surface area contributed by atoms with E-state index in [2.05, 4.69) is 20.5 Å². The number of aryl methyl sites for hydroxylation is 1. The summed E-state index contributed by atoms with van der Waals surface area (Å²) in [7, 11) is 0. The van der Waals surface area contributed by atoms with Crippen molar-refractivity contribution in [3.05, 3.63) is 71.3 Å². The van der Waals surface area contributed by atoms with E-state index < -0.39 is 0 Å². The van der Waals surface area contributed by atoms with E-state index in [1.807, 2.05) is 38.1 Å². The van der Waals surface area contributed by atoms with Crippen molar-refractivity contribution in [3.63, 3.8) is 0 Å². The average Bonchev–Trinajstić information content (AvgIpc) is 3.15. The number of hydrogen-bond acceptors (Lipinski definition) is 5. The third-order valence-corrected chi connectivity index (χ3v) is 5.31. The van der Waals surface area contributed by atoms with Gasteiger partial charge in [-0.05, 0) is 50.1 Å². The molecule has 29 heavy (non-hydrogen) atoms. The van der Waals surface area contributed by atoms with Gasteiger partial charge in [0.1, 0.15) is 18.2 Å². The highest BCUT2D eigenvalue weighted by molar-refractivity contribution is 8.00. The van der Waals surface area contributed by atoms with E-state index in [4.69, 9.17) is 4.74 Å². The Labute approximate surface area is 173 Å². The Balaban J connectivity index is 1.51. The second-order valence-corrected chi connectivity index (χ2v) is 7.97. The molecule has 0 saturated heterocycles. The number of benzene rings is 2. The third-order valence-electron chi connectivity index (χ3n) is 4.35. The van der Waals surface area contributed by atoms with Crippen LogP contribution in [-0.4, -0.2) is 26.3 Å². The molecule has 3 aromatic rings. The van der Waals surface area contributed by atoms with Crippen LogP contribution in [-0.2, 0) is 11.4 Å². The van der Waals surface area contributed by atoms with E-state index in [1.165, 1.54) is 23.9 Å². The summed E-state index contributed by atoms with van der Waals surface area (Å²) in [6, 6.07) is 13.6. The van der Waals surface area contributed by atoms with Crippen molar-refractivity contribution in [2.45, 2.75) is 43.8 Å². The molecule has 1 heterocycles. The summed E-state index contributed by atoms with van der Waals surface area (Å²) >= 11 is 1.26. The van der Waals surface area contributed by atoms with Gasteiger partial charge in [-0.15, -0.1) is 5.10 Å². The van der Waals surface area contributed by atoms with Gasteiger partial charge in [-0.1, -0.05) is 42.1 Å². The first-order valence-corrected chi connectivity index (χ1v) is 10.1. The van der Waals surface area contributed by atoms with Crippen molar-refractivity contribution < 1.29 is 13.9 Å². The molecule has 0 spiro atoms. The number of rotatable bonds is 8. The predicted octanol–water partition coefficient (Wildman–Crippen LogP) is 4.19. The fourth-order valence-corrected chi connectivity index (χ4v) is 3.39. The first-order valence-electron chi connectivity index (χ1n) is 9.24. The van der Waals surface area contributed by atoms with Gasteiger partial charge < -0.3 is 10.1 Å². The van der Waals surface area contributed by atoms with Gasteiger partial charge in [0.2, 0.25) is 11.1 Å². The second-order valence-electron chi connectivity index (χ2n) is 6.66. The maximum absolute atomic E-state index is 13.0. The van der Waals surface area contributed by atoms with Gasteiger partial charge in [-0.3, -0.25) is 9.89 Å². The molecule has 1 amide bonds. The quantitative estimate of drug-likeness (QED) is 0.540. The van der Waals surface area contributed by atoms with E-state index in [0.29, 0.717) is 11.0 Å². The number of nitrogens with one attached hydrogen (secondary N) is 2. The average molecular weight is 415 g/mol. The maximum atomic E-state index is 13.0. The van der Waals surface area contributed by atoms with Gasteiger partial charge in [-0.2, -0.15) is 0 Å². The van der Waals surface area contributed by atoms with Crippen molar-refractivity contribution in [2.75, 3.05) is 0 Å². The molecule has 3 rings (SSSR count). The second kappa shape index (κ2) is 9.56. The lowest BCUT2D eigenvalue weighted by atomic mass is 10.1. The number of ether oxygens (including phenoxy) is 1. The minimum absolute atomic E-state index is 0.144. The summed E-state index contributed by atoms with van der Waals surface area (Å²) in [5, 5.41) is 9.99. The SMILES string of the molecule is Cc1ccccc1OCc1nc(S[C@@H](C)C(=O)N[C@H](C)c2ccc(F)cc2)n[nH]1. The lowest BCUT2D eigenvalue weighted by Crippen LogP contribution is -2.33. The van der Waals surface area contributed by atoms with E-state index >= 15 is 0 Å². The van der Waals surface area contributed by atoms with Crippen LogP contribution in [0.5, 0.6) is 5.75 Å². The Morgan fingerprint density at radius 2 is 1.93 bits per heavy atom. The van der Waals surface area contributed by atoms with Crippen LogP contribution in [0, 0.1) is 12.7 Å². The zero-order chi connectivity index (χ0) is 20.8. The molecule has 0 aliphatic rings. The normalized spacial score (nSPS) is 13.0. The minimum atomic E-state index is -0.390. The van der Waals surface area contributed by atoms with E-state index in [-0.39, 0.29) is 29.6 Å². The van der Waals surface area contributed by atoms with E-state index in [9.17, 15) is 9.18 Å². The van der Waals surface area contributed by atoms with Crippen molar-refractivity contribution in [1.82, 2.24) is 20.5 Å². The van der Waals surface area contributed by atoms with Crippen LogP contribution in [0.2, 0.25) is 0 Å². The fraction of sp³-hybridized carbons (Fsp3) is 0.286. The van der Waals surface area contributed by atoms with Crippen molar-refractivity contribution in [3.8, 4) is 5.75 Å². The lowest BCUT2D eigenvalue weighted by Gasteiger charge is -2.17. The van der Waals surface area contributed by atoms with Crippen LogP contribution in [0.3, 0.4) is 0 Å². The van der Waals surface area contributed by atoms with Crippen LogP contribution >= 0.6 is 11.8 Å². The van der Waals surface area contributed by atoms with Crippen LogP contribution < -0.4 is 10.1 Å². The molecule has 0 aliphatic heterocycles. The molecule has 6 nitrogen and oxygen atoms in total. The molecule has 0 aliphatic carbocycles. The van der Waals surface area contributed by atoms with Crippen LogP contribution in [0.25, 0.3) is 0 Å². The highest BCUT2D eigenvalue weighted by Gasteiger charge is 2.19. The van der Waals surface area contributed by atoms with Crippen LogP contribution in [0.1, 0.15) is 36.8 Å². The van der Waals surface area contributed by atoms with Crippen molar-refractivity contribution in [1.29, 1.82) is 0 Å². The molecule has 152 valence electrons. The van der Waals surface area contributed by atoms with Gasteiger partial charge in [-0.25, -0.2) is 9.37 Å². The predicted molar refractivity (Wildman–Crippen MR) is 110 cm³/mol. The first kappa shape index (κ1) is 20.9. The summed E-state index contributed by atoms with van der Waals surface area (Å²) in [6.45, 7) is 5.89. The van der Waals surface area contributed by atoms with Gasteiger partial charge in [0, 0.05) is 0 Å². The Bertz CT molecular complexity index is 961. The molecule has 0 bridgehead atoms. The number of hydrogen-bond donors (Lipinski definition) is 2. The summed E-state index contributed by atoms with van der Waals surface area (Å²) in [4.78, 5) is 16.8. The standard InChI is InChI=1S/C21H23FN4O2S/c1-13-6-4-5-7-18(13)28-12-19-24-21(26-25-19)29-15(3)20(27)23-14(2)16-8-10-17(22)11-9-16/h4-11,14-15H,12H2,1-3H3,(H,23,27)(H,24,25,26)/t14-,15+/m1/s1. The van der Waals surface area contributed by atoms with Gasteiger partial charge >= 0.3 is 0 Å². The third kappa shape index (κ3) is 5.80. The minimum Gasteiger partial charge on any atom is -0.485 e. The fourth-order valence-electron chi connectivity index (χ4n) is 2.64. The number of aromatic nitrogens is 3. The van der Waals surface area contributed by atoms with Crippen LogP contribution in [0.4, 0.5) is 4.39 Å². The molecule has 8 heteroatoms. The lowest BCUT2D eigenvalue weighted by molar-refractivity contribution is -0.120. The Morgan fingerprint density at radius 1 is 1.21 bits per heavy atom. The number of carbonyl (C=O) groups is 1. The summed E-state index contributed by atoms with van der Waals surface area (Å²) in [5.41, 5.74) is 1.88. The van der Waals surface area contributed by atoms with Gasteiger partial charge in [0.05, 0.1) is 11.3 Å². The maximum Gasteiger partial charge on any atom is 0.233 e. The molecule has 0 saturated carbocycles. The summed E-state index contributed by atoms with van der Waals surface area (Å²) in [6.07, 6.45) is 0. The number of amides is 1. The molecular formula is C21H23FN4O2S. The number of carbonyl (C=O) groups excluding carboxylic acids is 1. The highest BCUT2D eigenvalue weighted by Crippen LogP contribution is 2.22. The van der Waals surface area contributed by atoms with Crippen molar-refractivity contribution in [2.24, 2.45) is 0 Å². The summed E-state index contributed by atoms with van der Waals surface area (Å²) < 4.78 is 18.8. The number of H-pyrrole nitrogens is 1. The van der Waals surface area contributed by atoms with Gasteiger partial charge in [0.15, 0.2) is 5.82 Å². The largest absolute Gasteiger partial charge is 0.485 e. The molecule has 2 N–H and O–H groups in total. The molecule has 0 fully saturated rings. The molecular weight excluding hydrogens is 391 g/mol. The zero-order valence-corrected chi connectivity index (χ0v) is 17.3. The molecule has 0 unspecified atom stereocenters. The monoisotopic (exact) mass is 414 g/mol. The number of nitrogens with zero attached hydrogens (tertiary/aromatic N) is 2. The van der Waals surface area contributed by atoms with Gasteiger partial charge in [0.25, 0.3) is 0 Å². The molecule has 2 aromatic carbocycles. The number of thioether (sulfide) groups is 1. The molecule has 1 aromatic heterocycles. The molecule has 2 atom stereocenters. The number of para-hydroxylation sites is 1. The Hall–Kier alpha value is -2.87. The molecule has 0 radical (unpaired) electrons. The van der Waals surface area contributed by atoms with E-state index in [1.54, 1.807) is 19.1 Å². The summed E-state index contributed by atoms with van der Waals surface area (Å²) in [5.74, 6) is 0.932. The Kier molecular flexibility index (Phi) is 6.87.